The monoisotopic (exact) mass is 284 g/mol. The first-order chi connectivity index (χ1) is 7.61. The van der Waals surface area contributed by atoms with Crippen LogP contribution in [0.3, 0.4) is 0 Å². The molecule has 0 amide bonds. The Morgan fingerprint density at radius 2 is 2.06 bits per heavy atom. The van der Waals surface area contributed by atoms with Crippen molar-refractivity contribution in [1.82, 2.24) is 0 Å². The lowest BCUT2D eigenvalue weighted by atomic mass is 10.3. The minimum atomic E-state index is -0.393. The fourth-order valence-corrected chi connectivity index (χ4v) is 1.37. The zero-order chi connectivity index (χ0) is 12.0. The van der Waals surface area contributed by atoms with Gasteiger partial charge in [0.1, 0.15) is 19.0 Å². The minimum Gasteiger partial charge on any atom is -0.489 e. The van der Waals surface area contributed by atoms with Gasteiger partial charge in [0.15, 0.2) is 0 Å². The summed E-state index contributed by atoms with van der Waals surface area (Å²) in [6.45, 7) is 5.63. The average Bonchev–Trinajstić information content (AvgIpc) is 2.26. The highest BCUT2D eigenvalue weighted by Crippen LogP contribution is 2.23. The lowest BCUT2D eigenvalue weighted by molar-refractivity contribution is -0.139. The molecule has 0 saturated carbocycles. The number of carbonyl (C=O) groups is 1. The lowest BCUT2D eigenvalue weighted by Gasteiger charge is -2.08. The topological polar surface area (TPSA) is 35.5 Å². The highest BCUT2D eigenvalue weighted by Gasteiger charge is 2.03. The minimum absolute atomic E-state index is 0.215. The molecule has 0 radical (unpaired) electrons. The van der Waals surface area contributed by atoms with E-state index in [-0.39, 0.29) is 6.61 Å². The van der Waals surface area contributed by atoms with Gasteiger partial charge in [0.05, 0.1) is 4.47 Å². The van der Waals surface area contributed by atoms with Gasteiger partial charge in [0.2, 0.25) is 0 Å². The summed E-state index contributed by atoms with van der Waals surface area (Å²) in [5.74, 6) is 0.338. The van der Waals surface area contributed by atoms with Gasteiger partial charge in [-0.15, -0.1) is 0 Å². The molecule has 16 heavy (non-hydrogen) atoms. The van der Waals surface area contributed by atoms with E-state index in [0.29, 0.717) is 12.2 Å². The van der Waals surface area contributed by atoms with Crippen LogP contribution in [0.1, 0.15) is 6.92 Å². The van der Waals surface area contributed by atoms with E-state index in [2.05, 4.69) is 22.5 Å². The van der Waals surface area contributed by atoms with Crippen molar-refractivity contribution in [2.75, 3.05) is 13.2 Å². The predicted octanol–water partition coefficient (Wildman–Crippen LogP) is 2.95. The van der Waals surface area contributed by atoms with Gasteiger partial charge in [-0.1, -0.05) is 18.7 Å². The molecule has 4 heteroatoms. The molecule has 0 aromatic heterocycles. The third kappa shape index (κ3) is 4.06. The van der Waals surface area contributed by atoms with Crippen LogP contribution in [0.15, 0.2) is 40.9 Å². The maximum atomic E-state index is 11.0. The Hall–Kier alpha value is -1.29. The summed E-state index contributed by atoms with van der Waals surface area (Å²) in [7, 11) is 0. The number of halogens is 1. The molecule has 1 aromatic rings. The van der Waals surface area contributed by atoms with Gasteiger partial charge in [-0.05, 0) is 35.0 Å². The summed E-state index contributed by atoms with van der Waals surface area (Å²) in [4.78, 5) is 11.0. The highest BCUT2D eigenvalue weighted by atomic mass is 79.9. The SMILES string of the molecule is C=C(C)C(=O)OCCOc1ccccc1Br. The first kappa shape index (κ1) is 12.8. The van der Waals surface area contributed by atoms with Gasteiger partial charge < -0.3 is 9.47 Å². The number of rotatable bonds is 5. The average molecular weight is 285 g/mol. The summed E-state index contributed by atoms with van der Waals surface area (Å²) >= 11 is 3.35. The predicted molar refractivity (Wildman–Crippen MR) is 65.4 cm³/mol. The van der Waals surface area contributed by atoms with E-state index in [1.54, 1.807) is 6.92 Å². The molecule has 0 fully saturated rings. The van der Waals surface area contributed by atoms with E-state index in [1.807, 2.05) is 24.3 Å². The lowest BCUT2D eigenvalue weighted by Crippen LogP contribution is -2.12. The first-order valence-corrected chi connectivity index (χ1v) is 5.60. The molecule has 1 rings (SSSR count). The molecule has 0 atom stereocenters. The van der Waals surface area contributed by atoms with Gasteiger partial charge in [-0.2, -0.15) is 0 Å². The van der Waals surface area contributed by atoms with Gasteiger partial charge in [-0.3, -0.25) is 0 Å². The quantitative estimate of drug-likeness (QED) is 0.474. The Balaban J connectivity index is 2.29. The first-order valence-electron chi connectivity index (χ1n) is 4.81. The summed E-state index contributed by atoms with van der Waals surface area (Å²) in [6, 6.07) is 7.50. The van der Waals surface area contributed by atoms with E-state index in [9.17, 15) is 4.79 Å². The standard InChI is InChI=1S/C12H13BrO3/c1-9(2)12(14)16-8-7-15-11-6-4-3-5-10(11)13/h3-6H,1,7-8H2,2H3. The Bertz CT molecular complexity index is 388. The molecule has 0 aliphatic rings. The van der Waals surface area contributed by atoms with Gasteiger partial charge in [-0.25, -0.2) is 4.79 Å². The van der Waals surface area contributed by atoms with Crippen LogP contribution in [0, 0.1) is 0 Å². The van der Waals surface area contributed by atoms with Crippen molar-refractivity contribution >= 4 is 21.9 Å². The second-order valence-electron chi connectivity index (χ2n) is 3.20. The Morgan fingerprint density at radius 3 is 2.69 bits per heavy atom. The summed E-state index contributed by atoms with van der Waals surface area (Å²) in [6.07, 6.45) is 0. The van der Waals surface area contributed by atoms with Gasteiger partial charge >= 0.3 is 5.97 Å². The van der Waals surface area contributed by atoms with E-state index >= 15 is 0 Å². The van der Waals surface area contributed by atoms with Crippen molar-refractivity contribution in [2.24, 2.45) is 0 Å². The molecule has 0 aliphatic heterocycles. The fraction of sp³-hybridized carbons (Fsp3) is 0.250. The molecule has 86 valence electrons. The molecule has 0 aliphatic carbocycles. The number of ether oxygens (including phenoxy) is 2. The molecular formula is C12H13BrO3. The van der Waals surface area contributed by atoms with Gasteiger partial charge in [0, 0.05) is 5.57 Å². The zero-order valence-electron chi connectivity index (χ0n) is 9.03. The molecule has 0 heterocycles. The summed E-state index contributed by atoms with van der Waals surface area (Å²) in [5.41, 5.74) is 0.390. The summed E-state index contributed by atoms with van der Waals surface area (Å²) < 4.78 is 11.2. The van der Waals surface area contributed by atoms with Crippen molar-refractivity contribution < 1.29 is 14.3 Å². The van der Waals surface area contributed by atoms with Crippen LogP contribution >= 0.6 is 15.9 Å². The number of para-hydroxylation sites is 1. The third-order valence-corrected chi connectivity index (χ3v) is 2.41. The maximum absolute atomic E-state index is 11.0. The van der Waals surface area contributed by atoms with Gasteiger partial charge in [0.25, 0.3) is 0 Å². The Kier molecular flexibility index (Phi) is 5.05. The second kappa shape index (κ2) is 6.33. The normalized spacial score (nSPS) is 9.62. The molecule has 0 N–H and O–H groups in total. The molecule has 1 aromatic carbocycles. The van der Waals surface area contributed by atoms with Crippen molar-refractivity contribution in [3.05, 3.63) is 40.9 Å². The highest BCUT2D eigenvalue weighted by molar-refractivity contribution is 9.10. The van der Waals surface area contributed by atoms with Crippen LogP contribution in [-0.4, -0.2) is 19.2 Å². The number of hydrogen-bond acceptors (Lipinski definition) is 3. The largest absolute Gasteiger partial charge is 0.489 e. The number of esters is 1. The maximum Gasteiger partial charge on any atom is 0.333 e. The number of hydrogen-bond donors (Lipinski definition) is 0. The van der Waals surface area contributed by atoms with Crippen molar-refractivity contribution in [3.63, 3.8) is 0 Å². The molecule has 3 nitrogen and oxygen atoms in total. The van der Waals surface area contributed by atoms with Crippen LogP contribution in [0.4, 0.5) is 0 Å². The molecule has 0 spiro atoms. The molecule has 0 saturated heterocycles. The van der Waals surface area contributed by atoms with E-state index < -0.39 is 5.97 Å². The van der Waals surface area contributed by atoms with Crippen LogP contribution < -0.4 is 4.74 Å². The zero-order valence-corrected chi connectivity index (χ0v) is 10.6. The van der Waals surface area contributed by atoms with Crippen molar-refractivity contribution in [2.45, 2.75) is 6.92 Å². The molecule has 0 unspecified atom stereocenters. The Morgan fingerprint density at radius 1 is 1.38 bits per heavy atom. The molecule has 0 bridgehead atoms. The van der Waals surface area contributed by atoms with Crippen LogP contribution in [0.25, 0.3) is 0 Å². The van der Waals surface area contributed by atoms with Crippen LogP contribution in [0.2, 0.25) is 0 Å². The number of benzene rings is 1. The van der Waals surface area contributed by atoms with E-state index in [4.69, 9.17) is 9.47 Å². The van der Waals surface area contributed by atoms with Crippen LogP contribution in [0.5, 0.6) is 5.75 Å². The van der Waals surface area contributed by atoms with Crippen molar-refractivity contribution in [3.8, 4) is 5.75 Å². The molecular weight excluding hydrogens is 272 g/mol. The van der Waals surface area contributed by atoms with Crippen LogP contribution in [-0.2, 0) is 9.53 Å². The Labute approximate surface area is 103 Å². The second-order valence-corrected chi connectivity index (χ2v) is 4.05. The smallest absolute Gasteiger partial charge is 0.333 e. The fourth-order valence-electron chi connectivity index (χ4n) is 0.971. The van der Waals surface area contributed by atoms with E-state index in [0.717, 1.165) is 10.2 Å². The summed E-state index contributed by atoms with van der Waals surface area (Å²) in [5, 5.41) is 0. The van der Waals surface area contributed by atoms with Crippen molar-refractivity contribution in [1.29, 1.82) is 0 Å². The van der Waals surface area contributed by atoms with E-state index in [1.165, 1.54) is 0 Å². The third-order valence-electron chi connectivity index (χ3n) is 1.76. The number of carbonyl (C=O) groups excluding carboxylic acids is 1.